The number of rotatable bonds is 4. The van der Waals surface area contributed by atoms with Gasteiger partial charge in [-0.1, -0.05) is 12.1 Å². The van der Waals surface area contributed by atoms with E-state index in [1.807, 2.05) is 19.1 Å². The van der Waals surface area contributed by atoms with Crippen LogP contribution in [0.5, 0.6) is 5.75 Å². The Morgan fingerprint density at radius 3 is 2.77 bits per heavy atom. The maximum atomic E-state index is 5.39. The predicted octanol–water partition coefficient (Wildman–Crippen LogP) is 3.12. The Morgan fingerprint density at radius 1 is 1.46 bits per heavy atom. The third-order valence-electron chi connectivity index (χ3n) is 1.99. The summed E-state index contributed by atoms with van der Waals surface area (Å²) in [7, 11) is 0. The van der Waals surface area contributed by atoms with Crippen LogP contribution in [0.4, 0.5) is 0 Å². The van der Waals surface area contributed by atoms with Gasteiger partial charge >= 0.3 is 0 Å². The molecule has 0 aliphatic carbocycles. The zero-order valence-corrected chi connectivity index (χ0v) is 8.34. The lowest BCUT2D eigenvalue weighted by Gasteiger charge is -2.07. The maximum Gasteiger partial charge on any atom is 0.119 e. The second kappa shape index (κ2) is 4.70. The van der Waals surface area contributed by atoms with Crippen molar-refractivity contribution in [2.24, 2.45) is 0 Å². The molecule has 0 spiro atoms. The molecule has 1 aromatic carbocycles. The lowest BCUT2D eigenvalue weighted by Crippen LogP contribution is -1.93. The SMILES string of the molecule is C=CCc1ccc(OCC)cc1C. The third kappa shape index (κ3) is 2.62. The Morgan fingerprint density at radius 2 is 2.23 bits per heavy atom. The molecule has 0 saturated heterocycles. The lowest BCUT2D eigenvalue weighted by atomic mass is 10.1. The first kappa shape index (κ1) is 9.85. The average Bonchev–Trinajstić information content (AvgIpc) is 2.10. The zero-order valence-electron chi connectivity index (χ0n) is 8.34. The molecule has 70 valence electrons. The summed E-state index contributed by atoms with van der Waals surface area (Å²) in [6.45, 7) is 8.54. The second-order valence-electron chi connectivity index (χ2n) is 3.01. The molecular weight excluding hydrogens is 160 g/mol. The molecule has 0 radical (unpaired) electrons. The van der Waals surface area contributed by atoms with Gasteiger partial charge in [-0.3, -0.25) is 0 Å². The van der Waals surface area contributed by atoms with E-state index < -0.39 is 0 Å². The molecule has 0 saturated carbocycles. The molecule has 1 heteroatoms. The van der Waals surface area contributed by atoms with Crippen LogP contribution < -0.4 is 4.74 Å². The van der Waals surface area contributed by atoms with Crippen molar-refractivity contribution in [2.45, 2.75) is 20.3 Å². The summed E-state index contributed by atoms with van der Waals surface area (Å²) in [6, 6.07) is 6.18. The minimum absolute atomic E-state index is 0.722. The smallest absolute Gasteiger partial charge is 0.119 e. The second-order valence-corrected chi connectivity index (χ2v) is 3.01. The zero-order chi connectivity index (χ0) is 9.68. The van der Waals surface area contributed by atoms with Crippen molar-refractivity contribution in [1.29, 1.82) is 0 Å². The monoisotopic (exact) mass is 176 g/mol. The van der Waals surface area contributed by atoms with Gasteiger partial charge in [0, 0.05) is 0 Å². The first-order valence-electron chi connectivity index (χ1n) is 4.61. The van der Waals surface area contributed by atoms with Crippen molar-refractivity contribution in [3.63, 3.8) is 0 Å². The van der Waals surface area contributed by atoms with Gasteiger partial charge in [-0.15, -0.1) is 6.58 Å². The molecule has 13 heavy (non-hydrogen) atoms. The van der Waals surface area contributed by atoms with Gasteiger partial charge in [0.2, 0.25) is 0 Å². The molecule has 0 unspecified atom stereocenters. The first-order valence-corrected chi connectivity index (χ1v) is 4.61. The van der Waals surface area contributed by atoms with Crippen LogP contribution in [0, 0.1) is 6.92 Å². The Hall–Kier alpha value is -1.24. The first-order chi connectivity index (χ1) is 6.27. The van der Waals surface area contributed by atoms with Gasteiger partial charge in [0.25, 0.3) is 0 Å². The fraction of sp³-hybridized carbons (Fsp3) is 0.333. The van der Waals surface area contributed by atoms with Crippen LogP contribution in [0.3, 0.4) is 0 Å². The van der Waals surface area contributed by atoms with Crippen molar-refractivity contribution < 1.29 is 4.74 Å². The summed E-state index contributed by atoms with van der Waals surface area (Å²) < 4.78 is 5.39. The molecular formula is C12H16O. The van der Waals surface area contributed by atoms with Gasteiger partial charge in [-0.05, 0) is 43.5 Å². The molecule has 0 aliphatic rings. The summed E-state index contributed by atoms with van der Waals surface area (Å²) in [6.07, 6.45) is 2.85. The van der Waals surface area contributed by atoms with Crippen molar-refractivity contribution in [3.8, 4) is 5.75 Å². The molecule has 1 aromatic rings. The highest BCUT2D eigenvalue weighted by Crippen LogP contribution is 2.17. The van der Waals surface area contributed by atoms with Gasteiger partial charge in [-0.25, -0.2) is 0 Å². The van der Waals surface area contributed by atoms with Crippen LogP contribution in [0.15, 0.2) is 30.9 Å². The number of allylic oxidation sites excluding steroid dienone is 1. The predicted molar refractivity (Wildman–Crippen MR) is 56.2 cm³/mol. The molecule has 0 bridgehead atoms. The van der Waals surface area contributed by atoms with E-state index in [1.165, 1.54) is 11.1 Å². The van der Waals surface area contributed by atoms with Crippen LogP contribution >= 0.6 is 0 Å². The Kier molecular flexibility index (Phi) is 3.56. The van der Waals surface area contributed by atoms with E-state index in [0.717, 1.165) is 18.8 Å². The van der Waals surface area contributed by atoms with E-state index in [2.05, 4.69) is 25.6 Å². The Balaban J connectivity index is 2.84. The standard InChI is InChI=1S/C12H16O/c1-4-6-11-7-8-12(13-5-2)9-10(11)3/h4,7-9H,1,5-6H2,2-3H3. The molecule has 0 atom stereocenters. The summed E-state index contributed by atoms with van der Waals surface area (Å²) in [5.41, 5.74) is 2.59. The van der Waals surface area contributed by atoms with Crippen molar-refractivity contribution in [3.05, 3.63) is 42.0 Å². The maximum absolute atomic E-state index is 5.39. The molecule has 1 nitrogen and oxygen atoms in total. The van der Waals surface area contributed by atoms with Crippen molar-refractivity contribution in [2.75, 3.05) is 6.61 Å². The fourth-order valence-electron chi connectivity index (χ4n) is 1.31. The highest BCUT2D eigenvalue weighted by Gasteiger charge is 1.98. The number of hydrogen-bond acceptors (Lipinski definition) is 1. The minimum atomic E-state index is 0.722. The molecule has 0 N–H and O–H groups in total. The van der Waals surface area contributed by atoms with Crippen LogP contribution in [-0.2, 0) is 6.42 Å². The van der Waals surface area contributed by atoms with Crippen molar-refractivity contribution in [1.82, 2.24) is 0 Å². The highest BCUT2D eigenvalue weighted by molar-refractivity contribution is 5.35. The van der Waals surface area contributed by atoms with E-state index in [1.54, 1.807) is 0 Å². The van der Waals surface area contributed by atoms with Gasteiger partial charge < -0.3 is 4.74 Å². The third-order valence-corrected chi connectivity index (χ3v) is 1.99. The van der Waals surface area contributed by atoms with E-state index in [4.69, 9.17) is 4.74 Å². The van der Waals surface area contributed by atoms with Crippen LogP contribution in [0.1, 0.15) is 18.1 Å². The summed E-state index contributed by atoms with van der Waals surface area (Å²) >= 11 is 0. The molecule has 1 rings (SSSR count). The van der Waals surface area contributed by atoms with Crippen molar-refractivity contribution >= 4 is 0 Å². The summed E-state index contributed by atoms with van der Waals surface area (Å²) in [5.74, 6) is 0.952. The summed E-state index contributed by atoms with van der Waals surface area (Å²) in [5, 5.41) is 0. The number of ether oxygens (including phenoxy) is 1. The summed E-state index contributed by atoms with van der Waals surface area (Å²) in [4.78, 5) is 0. The van der Waals surface area contributed by atoms with Crippen LogP contribution in [0.25, 0.3) is 0 Å². The van der Waals surface area contributed by atoms with E-state index >= 15 is 0 Å². The number of aryl methyl sites for hydroxylation is 1. The topological polar surface area (TPSA) is 9.23 Å². The minimum Gasteiger partial charge on any atom is -0.494 e. The number of benzene rings is 1. The normalized spacial score (nSPS) is 9.69. The fourth-order valence-corrected chi connectivity index (χ4v) is 1.31. The van der Waals surface area contributed by atoms with E-state index in [9.17, 15) is 0 Å². The Bertz CT molecular complexity index is 289. The number of hydrogen-bond donors (Lipinski definition) is 0. The highest BCUT2D eigenvalue weighted by atomic mass is 16.5. The van der Waals surface area contributed by atoms with E-state index in [0.29, 0.717) is 0 Å². The van der Waals surface area contributed by atoms with Crippen LogP contribution in [-0.4, -0.2) is 6.61 Å². The van der Waals surface area contributed by atoms with Gasteiger partial charge in [-0.2, -0.15) is 0 Å². The molecule has 0 amide bonds. The van der Waals surface area contributed by atoms with Gasteiger partial charge in [0.15, 0.2) is 0 Å². The molecule has 0 aromatic heterocycles. The Labute approximate surface area is 80.0 Å². The van der Waals surface area contributed by atoms with Crippen LogP contribution in [0.2, 0.25) is 0 Å². The quantitative estimate of drug-likeness (QED) is 0.640. The molecule has 0 aliphatic heterocycles. The lowest BCUT2D eigenvalue weighted by molar-refractivity contribution is 0.340. The largest absolute Gasteiger partial charge is 0.494 e. The van der Waals surface area contributed by atoms with E-state index in [-0.39, 0.29) is 0 Å². The molecule has 0 heterocycles. The molecule has 0 fully saturated rings. The van der Waals surface area contributed by atoms with Gasteiger partial charge in [0.05, 0.1) is 6.61 Å². The van der Waals surface area contributed by atoms with Gasteiger partial charge in [0.1, 0.15) is 5.75 Å². The average molecular weight is 176 g/mol.